The monoisotopic (exact) mass is 211 g/mol. The van der Waals surface area contributed by atoms with Gasteiger partial charge in [0.25, 0.3) is 10.1 Å². The second-order valence-corrected chi connectivity index (χ2v) is 5.08. The summed E-state index contributed by atoms with van der Waals surface area (Å²) in [6.07, 6.45) is 3.27. The van der Waals surface area contributed by atoms with E-state index in [1.165, 1.54) is 0 Å². The molecule has 0 aliphatic rings. The van der Waals surface area contributed by atoms with Crippen LogP contribution in [0.3, 0.4) is 0 Å². The van der Waals surface area contributed by atoms with Crippen LogP contribution in [-0.2, 0) is 10.1 Å². The largest absolute Gasteiger partial charge is 0.376 e. The zero-order chi connectivity index (χ0) is 9.83. The van der Waals surface area contributed by atoms with Crippen LogP contribution in [0.5, 0.6) is 0 Å². The van der Waals surface area contributed by atoms with Crippen molar-refractivity contribution in [2.24, 2.45) is 0 Å². The molecule has 0 aromatic carbocycles. The van der Waals surface area contributed by atoms with Gasteiger partial charge in [-0.25, -0.2) is 0 Å². The molecule has 1 atom stereocenters. The first-order valence-electron chi connectivity index (χ1n) is 3.33. The fourth-order valence-corrected chi connectivity index (χ4v) is 2.02. The summed E-state index contributed by atoms with van der Waals surface area (Å²) in [6.45, 7) is 3.34. The number of hydrogen-bond donors (Lipinski definition) is 3. The van der Waals surface area contributed by atoms with Gasteiger partial charge in [0.1, 0.15) is 5.75 Å². The van der Waals surface area contributed by atoms with Crippen molar-refractivity contribution in [3.8, 4) is 0 Å². The molecular weight excluding hydrogens is 198 g/mol. The molecule has 72 valence electrons. The predicted molar refractivity (Wildman–Crippen MR) is 51.8 cm³/mol. The number of rotatable bonds is 4. The van der Waals surface area contributed by atoms with Crippen molar-refractivity contribution in [2.75, 3.05) is 5.75 Å². The predicted octanol–water partition coefficient (Wildman–Crippen LogP) is 0.643. The van der Waals surface area contributed by atoms with Crippen LogP contribution < -0.4 is 5.32 Å². The molecule has 0 aromatic rings. The second kappa shape index (κ2) is 4.15. The number of hydrogen-bond acceptors (Lipinski definition) is 4. The van der Waals surface area contributed by atoms with Crippen molar-refractivity contribution in [3.05, 3.63) is 12.3 Å². The molecule has 2 N–H and O–H groups in total. The van der Waals surface area contributed by atoms with E-state index in [1.54, 1.807) is 26.1 Å². The summed E-state index contributed by atoms with van der Waals surface area (Å²) >= 11 is 4.01. The van der Waals surface area contributed by atoms with Gasteiger partial charge in [0.15, 0.2) is 0 Å². The van der Waals surface area contributed by atoms with E-state index in [1.807, 2.05) is 0 Å². The van der Waals surface area contributed by atoms with Crippen LogP contribution >= 0.6 is 12.6 Å². The summed E-state index contributed by atoms with van der Waals surface area (Å²) < 4.78 is 29.4. The molecular formula is C6H13NO3S2. The fourth-order valence-electron chi connectivity index (χ4n) is 0.660. The first-order valence-corrected chi connectivity index (χ1v) is 5.39. The Morgan fingerprint density at radius 1 is 1.67 bits per heavy atom. The molecule has 0 aliphatic carbocycles. The Kier molecular flexibility index (Phi) is 4.09. The fraction of sp³-hybridized carbons (Fsp3) is 0.667. The summed E-state index contributed by atoms with van der Waals surface area (Å²) in [5.41, 5.74) is 0. The summed E-state index contributed by atoms with van der Waals surface area (Å²) in [5, 5.41) is 2.71. The van der Waals surface area contributed by atoms with E-state index in [2.05, 4.69) is 17.9 Å². The lowest BCUT2D eigenvalue weighted by molar-refractivity contribution is 0.470. The standard InChI is InChI=1S/C6H13NO3S2/c1-3-4-7-6(2,11)5-12(8,9)10/h3-4,7,11H,5H2,1-2H3,(H,8,9,10). The van der Waals surface area contributed by atoms with Gasteiger partial charge in [0.2, 0.25) is 0 Å². The molecule has 0 aromatic heterocycles. The highest BCUT2D eigenvalue weighted by atomic mass is 32.2. The smallest absolute Gasteiger partial charge is 0.268 e. The Morgan fingerprint density at radius 2 is 2.17 bits per heavy atom. The highest BCUT2D eigenvalue weighted by Crippen LogP contribution is 2.11. The van der Waals surface area contributed by atoms with Crippen LogP contribution in [-0.4, -0.2) is 23.6 Å². The van der Waals surface area contributed by atoms with Crippen molar-refractivity contribution >= 4 is 22.7 Å². The molecule has 0 amide bonds. The highest BCUT2D eigenvalue weighted by Gasteiger charge is 2.23. The van der Waals surface area contributed by atoms with Crippen LogP contribution in [0.2, 0.25) is 0 Å². The average molecular weight is 211 g/mol. The van der Waals surface area contributed by atoms with Crippen LogP contribution in [0.1, 0.15) is 13.8 Å². The minimum Gasteiger partial charge on any atom is -0.376 e. The van der Waals surface area contributed by atoms with Gasteiger partial charge in [-0.3, -0.25) is 4.55 Å². The molecule has 0 radical (unpaired) electrons. The van der Waals surface area contributed by atoms with Crippen LogP contribution in [0.25, 0.3) is 0 Å². The second-order valence-electron chi connectivity index (χ2n) is 2.64. The molecule has 0 fully saturated rings. The molecule has 1 unspecified atom stereocenters. The highest BCUT2D eigenvalue weighted by molar-refractivity contribution is 7.88. The van der Waals surface area contributed by atoms with Gasteiger partial charge in [0.05, 0.1) is 4.87 Å². The van der Waals surface area contributed by atoms with Gasteiger partial charge in [-0.1, -0.05) is 6.08 Å². The van der Waals surface area contributed by atoms with Gasteiger partial charge in [-0.15, -0.1) is 0 Å². The van der Waals surface area contributed by atoms with Crippen LogP contribution in [0.15, 0.2) is 12.3 Å². The minimum atomic E-state index is -3.99. The molecule has 0 rings (SSSR count). The molecule has 0 heterocycles. The Hall–Kier alpha value is -0.200. The van der Waals surface area contributed by atoms with Gasteiger partial charge >= 0.3 is 0 Å². The summed E-state index contributed by atoms with van der Waals surface area (Å²) in [7, 11) is -3.99. The third-order valence-electron chi connectivity index (χ3n) is 1.02. The summed E-state index contributed by atoms with van der Waals surface area (Å²) in [6, 6.07) is 0. The van der Waals surface area contributed by atoms with E-state index < -0.39 is 20.7 Å². The van der Waals surface area contributed by atoms with E-state index in [4.69, 9.17) is 4.55 Å². The third kappa shape index (κ3) is 6.51. The lowest BCUT2D eigenvalue weighted by atomic mass is 10.4. The zero-order valence-corrected chi connectivity index (χ0v) is 8.69. The van der Waals surface area contributed by atoms with E-state index in [9.17, 15) is 8.42 Å². The van der Waals surface area contributed by atoms with Gasteiger partial charge in [0, 0.05) is 0 Å². The van der Waals surface area contributed by atoms with Crippen molar-refractivity contribution < 1.29 is 13.0 Å². The first-order chi connectivity index (χ1) is 5.27. The molecule has 0 saturated heterocycles. The van der Waals surface area contributed by atoms with Crippen molar-refractivity contribution in [3.63, 3.8) is 0 Å². The quantitative estimate of drug-likeness (QED) is 0.363. The Balaban J connectivity index is 4.23. The molecule has 0 saturated carbocycles. The van der Waals surface area contributed by atoms with Gasteiger partial charge in [-0.2, -0.15) is 21.0 Å². The zero-order valence-electron chi connectivity index (χ0n) is 6.98. The first kappa shape index (κ1) is 11.8. The average Bonchev–Trinajstić information content (AvgIpc) is 1.78. The third-order valence-corrected chi connectivity index (χ3v) is 2.47. The Labute approximate surface area is 78.2 Å². The van der Waals surface area contributed by atoms with Crippen LogP contribution in [0, 0.1) is 0 Å². The number of allylic oxidation sites excluding steroid dienone is 1. The summed E-state index contributed by atoms with van der Waals surface area (Å²) in [5.74, 6) is -0.437. The van der Waals surface area contributed by atoms with Crippen molar-refractivity contribution in [1.29, 1.82) is 0 Å². The topological polar surface area (TPSA) is 66.4 Å². The maximum Gasteiger partial charge on any atom is 0.268 e. The van der Waals surface area contributed by atoms with Crippen molar-refractivity contribution in [2.45, 2.75) is 18.7 Å². The van der Waals surface area contributed by atoms with Gasteiger partial charge in [-0.05, 0) is 20.0 Å². The molecule has 0 bridgehead atoms. The normalized spacial score (nSPS) is 17.7. The van der Waals surface area contributed by atoms with E-state index in [0.29, 0.717) is 0 Å². The van der Waals surface area contributed by atoms with E-state index >= 15 is 0 Å². The lowest BCUT2D eigenvalue weighted by Crippen LogP contribution is -2.39. The molecule has 0 aliphatic heterocycles. The molecule has 6 heteroatoms. The SMILES string of the molecule is CC=CNC(C)(S)CS(=O)(=O)O. The van der Waals surface area contributed by atoms with Gasteiger partial charge < -0.3 is 5.32 Å². The summed E-state index contributed by atoms with van der Waals surface area (Å²) in [4.78, 5) is -0.944. The maximum absolute atomic E-state index is 10.5. The van der Waals surface area contributed by atoms with E-state index in [-0.39, 0.29) is 0 Å². The number of nitrogens with one attached hydrogen (secondary N) is 1. The number of thiol groups is 1. The Morgan fingerprint density at radius 3 is 2.50 bits per heavy atom. The van der Waals surface area contributed by atoms with Crippen molar-refractivity contribution in [1.82, 2.24) is 5.32 Å². The Bertz CT molecular complexity index is 256. The lowest BCUT2D eigenvalue weighted by Gasteiger charge is -2.21. The molecule has 0 spiro atoms. The minimum absolute atomic E-state index is 0.437. The van der Waals surface area contributed by atoms with Crippen LogP contribution in [0.4, 0.5) is 0 Å². The van der Waals surface area contributed by atoms with E-state index in [0.717, 1.165) is 0 Å². The maximum atomic E-state index is 10.5. The molecule has 12 heavy (non-hydrogen) atoms. The molecule has 4 nitrogen and oxygen atoms in total.